The second-order valence-electron chi connectivity index (χ2n) is 6.43. The fourth-order valence-corrected chi connectivity index (χ4v) is 3.47. The van der Waals surface area contributed by atoms with Crippen LogP contribution in [0.5, 0.6) is 0 Å². The molecule has 22 heavy (non-hydrogen) atoms. The summed E-state index contributed by atoms with van der Waals surface area (Å²) < 4.78 is 18.7. The smallest absolute Gasteiger partial charge is 0.412 e. The largest absolute Gasteiger partial charge is 0.444 e. The molecule has 0 aliphatic carbocycles. The Morgan fingerprint density at radius 3 is 2.82 bits per heavy atom. The Bertz CT molecular complexity index is 525. The highest BCUT2D eigenvalue weighted by molar-refractivity contribution is 7.99. The molecule has 0 radical (unpaired) electrons. The van der Waals surface area contributed by atoms with Crippen molar-refractivity contribution in [1.29, 1.82) is 0 Å². The molecule has 1 heterocycles. The molecule has 1 aliphatic heterocycles. The zero-order chi connectivity index (χ0) is 16.2. The van der Waals surface area contributed by atoms with Crippen molar-refractivity contribution in [2.75, 3.05) is 28.7 Å². The number of benzene rings is 1. The van der Waals surface area contributed by atoms with Crippen molar-refractivity contribution in [3.63, 3.8) is 0 Å². The van der Waals surface area contributed by atoms with Crippen LogP contribution < -0.4 is 10.6 Å². The summed E-state index contributed by atoms with van der Waals surface area (Å²) in [5.74, 6) is 2.55. The van der Waals surface area contributed by atoms with Crippen molar-refractivity contribution >= 4 is 29.2 Å². The number of amides is 1. The Kier molecular flexibility index (Phi) is 5.56. The van der Waals surface area contributed by atoms with Crippen molar-refractivity contribution in [1.82, 2.24) is 0 Å². The molecule has 0 saturated carbocycles. The summed E-state index contributed by atoms with van der Waals surface area (Å²) in [6.07, 6.45) is 0.625. The van der Waals surface area contributed by atoms with Gasteiger partial charge in [-0.25, -0.2) is 9.18 Å². The zero-order valence-corrected chi connectivity index (χ0v) is 14.1. The number of hydrogen-bond acceptors (Lipinski definition) is 4. The van der Waals surface area contributed by atoms with Crippen LogP contribution in [0.15, 0.2) is 18.2 Å². The summed E-state index contributed by atoms with van der Waals surface area (Å²) in [5, 5.41) is 5.91. The molecule has 122 valence electrons. The molecule has 1 aromatic rings. The Morgan fingerprint density at radius 2 is 2.18 bits per heavy atom. The van der Waals surface area contributed by atoms with Crippen LogP contribution in [0.25, 0.3) is 0 Å². The average molecular weight is 326 g/mol. The summed E-state index contributed by atoms with van der Waals surface area (Å²) in [5.41, 5.74) is 0.544. The van der Waals surface area contributed by atoms with E-state index >= 15 is 0 Å². The molecule has 1 aliphatic rings. The van der Waals surface area contributed by atoms with Gasteiger partial charge in [-0.3, -0.25) is 5.32 Å². The minimum Gasteiger partial charge on any atom is -0.444 e. The molecule has 6 heteroatoms. The molecule has 0 aromatic heterocycles. The van der Waals surface area contributed by atoms with Crippen LogP contribution in [-0.4, -0.2) is 29.7 Å². The van der Waals surface area contributed by atoms with Crippen molar-refractivity contribution in [2.45, 2.75) is 32.8 Å². The van der Waals surface area contributed by atoms with Gasteiger partial charge in [0.2, 0.25) is 0 Å². The molecule has 2 rings (SSSR count). The topological polar surface area (TPSA) is 50.4 Å². The summed E-state index contributed by atoms with van der Waals surface area (Å²) >= 11 is 1.94. The normalized spacial score (nSPS) is 18.1. The number of thioether (sulfide) groups is 1. The van der Waals surface area contributed by atoms with Crippen LogP contribution in [0.2, 0.25) is 0 Å². The first-order chi connectivity index (χ1) is 10.3. The molecule has 2 N–H and O–H groups in total. The number of carbonyl (C=O) groups is 1. The second-order valence-corrected chi connectivity index (χ2v) is 7.58. The van der Waals surface area contributed by atoms with Gasteiger partial charge < -0.3 is 10.1 Å². The minimum atomic E-state index is -0.571. The van der Waals surface area contributed by atoms with E-state index in [1.807, 2.05) is 11.8 Å². The van der Waals surface area contributed by atoms with Crippen LogP contribution >= 0.6 is 11.8 Å². The van der Waals surface area contributed by atoms with Gasteiger partial charge in [0.25, 0.3) is 0 Å². The van der Waals surface area contributed by atoms with Crippen LogP contribution in [0.4, 0.5) is 20.6 Å². The van der Waals surface area contributed by atoms with E-state index in [4.69, 9.17) is 4.74 Å². The van der Waals surface area contributed by atoms with Crippen LogP contribution in [0.1, 0.15) is 27.2 Å². The predicted molar refractivity (Wildman–Crippen MR) is 90.2 cm³/mol. The standard InChI is InChI=1S/C16H23FN2O2S/c1-16(2,3)21-15(20)19-13-5-4-12(17)8-14(13)18-9-11-6-7-22-10-11/h4-5,8,11,18H,6-7,9-10H2,1-3H3,(H,19,20). The predicted octanol–water partition coefficient (Wildman–Crippen LogP) is 4.34. The molecule has 1 atom stereocenters. The molecule has 1 unspecified atom stereocenters. The van der Waals surface area contributed by atoms with Crippen LogP contribution in [-0.2, 0) is 4.74 Å². The third-order valence-electron chi connectivity index (χ3n) is 3.22. The zero-order valence-electron chi connectivity index (χ0n) is 13.2. The fraction of sp³-hybridized carbons (Fsp3) is 0.562. The first kappa shape index (κ1) is 16.9. The van der Waals surface area contributed by atoms with Gasteiger partial charge in [0.15, 0.2) is 0 Å². The molecule has 1 aromatic carbocycles. The summed E-state index contributed by atoms with van der Waals surface area (Å²) in [6.45, 7) is 6.18. The third kappa shape index (κ3) is 5.40. The number of halogens is 1. The first-order valence-corrected chi connectivity index (χ1v) is 8.60. The lowest BCUT2D eigenvalue weighted by molar-refractivity contribution is 0.0636. The highest BCUT2D eigenvalue weighted by Gasteiger charge is 2.19. The Labute approximate surface area is 135 Å². The number of nitrogens with one attached hydrogen (secondary N) is 2. The Hall–Kier alpha value is -1.43. The molecule has 0 bridgehead atoms. The van der Waals surface area contributed by atoms with Gasteiger partial charge in [-0.2, -0.15) is 11.8 Å². The number of hydrogen-bond donors (Lipinski definition) is 2. The van der Waals surface area contributed by atoms with Crippen molar-refractivity contribution in [3.05, 3.63) is 24.0 Å². The summed E-state index contributed by atoms with van der Waals surface area (Å²) in [6, 6.07) is 4.27. The highest BCUT2D eigenvalue weighted by atomic mass is 32.2. The van der Waals surface area contributed by atoms with Gasteiger partial charge in [0.05, 0.1) is 11.4 Å². The van der Waals surface area contributed by atoms with E-state index in [2.05, 4.69) is 10.6 Å². The van der Waals surface area contributed by atoms with Gasteiger partial charge in [-0.15, -0.1) is 0 Å². The van der Waals surface area contributed by atoms with E-state index in [1.54, 1.807) is 26.8 Å². The second kappa shape index (κ2) is 7.22. The third-order valence-corrected chi connectivity index (χ3v) is 4.45. The van der Waals surface area contributed by atoms with Gasteiger partial charge in [-0.05, 0) is 62.8 Å². The Balaban J connectivity index is 2.01. The van der Waals surface area contributed by atoms with Gasteiger partial charge >= 0.3 is 6.09 Å². The fourth-order valence-electron chi connectivity index (χ4n) is 2.18. The molecule has 1 saturated heterocycles. The van der Waals surface area contributed by atoms with E-state index in [0.29, 0.717) is 17.3 Å². The van der Waals surface area contributed by atoms with E-state index < -0.39 is 11.7 Å². The van der Waals surface area contributed by atoms with Crippen molar-refractivity contribution in [2.24, 2.45) is 5.92 Å². The lowest BCUT2D eigenvalue weighted by atomic mass is 10.1. The lowest BCUT2D eigenvalue weighted by Gasteiger charge is -2.21. The van der Waals surface area contributed by atoms with E-state index in [9.17, 15) is 9.18 Å². The molecular weight excluding hydrogens is 303 g/mol. The molecule has 1 fully saturated rings. The SMILES string of the molecule is CC(C)(C)OC(=O)Nc1ccc(F)cc1NCC1CCSC1. The number of carbonyl (C=O) groups excluding carboxylic acids is 1. The first-order valence-electron chi connectivity index (χ1n) is 7.45. The molecular formula is C16H23FN2O2S. The maximum atomic E-state index is 13.5. The highest BCUT2D eigenvalue weighted by Crippen LogP contribution is 2.27. The van der Waals surface area contributed by atoms with Crippen LogP contribution in [0, 0.1) is 11.7 Å². The molecule has 4 nitrogen and oxygen atoms in total. The summed E-state index contributed by atoms with van der Waals surface area (Å²) in [4.78, 5) is 11.9. The average Bonchev–Trinajstić information content (AvgIpc) is 2.90. The lowest BCUT2D eigenvalue weighted by Crippen LogP contribution is -2.27. The minimum absolute atomic E-state index is 0.335. The van der Waals surface area contributed by atoms with Gasteiger partial charge in [0, 0.05) is 6.54 Å². The van der Waals surface area contributed by atoms with Gasteiger partial charge in [-0.1, -0.05) is 0 Å². The van der Waals surface area contributed by atoms with Gasteiger partial charge in [0.1, 0.15) is 11.4 Å². The van der Waals surface area contributed by atoms with E-state index in [-0.39, 0.29) is 5.82 Å². The quantitative estimate of drug-likeness (QED) is 0.864. The molecule has 1 amide bonds. The maximum Gasteiger partial charge on any atom is 0.412 e. The number of rotatable bonds is 4. The van der Waals surface area contributed by atoms with Crippen molar-refractivity contribution in [3.8, 4) is 0 Å². The maximum absolute atomic E-state index is 13.5. The van der Waals surface area contributed by atoms with E-state index in [1.165, 1.54) is 24.3 Å². The molecule has 0 spiro atoms. The number of anilines is 2. The Morgan fingerprint density at radius 1 is 1.41 bits per heavy atom. The van der Waals surface area contributed by atoms with E-state index in [0.717, 1.165) is 12.3 Å². The van der Waals surface area contributed by atoms with Crippen molar-refractivity contribution < 1.29 is 13.9 Å². The summed E-state index contributed by atoms with van der Waals surface area (Å²) in [7, 11) is 0. The number of ether oxygens (including phenoxy) is 1. The van der Waals surface area contributed by atoms with Crippen LogP contribution in [0.3, 0.4) is 0 Å². The monoisotopic (exact) mass is 326 g/mol.